The van der Waals surface area contributed by atoms with Gasteiger partial charge in [-0.05, 0) is 58.3 Å². The summed E-state index contributed by atoms with van der Waals surface area (Å²) in [5, 5.41) is 7.06. The summed E-state index contributed by atoms with van der Waals surface area (Å²) in [5.74, 6) is 0.936. The highest BCUT2D eigenvalue weighted by Crippen LogP contribution is 2.17. The van der Waals surface area contributed by atoms with Crippen LogP contribution in [-0.4, -0.2) is 50.7 Å². The van der Waals surface area contributed by atoms with Gasteiger partial charge in [0.05, 0.1) is 0 Å². The minimum absolute atomic E-state index is 0.742. The zero-order chi connectivity index (χ0) is 10.5. The van der Waals surface area contributed by atoms with Crippen LogP contribution in [-0.2, 0) is 0 Å². The van der Waals surface area contributed by atoms with E-state index in [-0.39, 0.29) is 0 Å². The maximum atomic E-state index is 3.66. The summed E-state index contributed by atoms with van der Waals surface area (Å²) in [7, 11) is 2.25. The summed E-state index contributed by atoms with van der Waals surface area (Å²) >= 11 is 0. The predicted octanol–water partition coefficient (Wildman–Crippen LogP) is 0.670. The normalized spacial score (nSPS) is 33.4. The molecule has 0 radical (unpaired) electrons. The van der Waals surface area contributed by atoms with Crippen LogP contribution in [0.4, 0.5) is 0 Å². The van der Waals surface area contributed by atoms with Crippen molar-refractivity contribution >= 4 is 0 Å². The molecule has 0 aromatic carbocycles. The maximum absolute atomic E-state index is 3.66. The van der Waals surface area contributed by atoms with Gasteiger partial charge in [-0.25, -0.2) is 0 Å². The van der Waals surface area contributed by atoms with Crippen LogP contribution in [0.3, 0.4) is 0 Å². The Hall–Kier alpha value is -0.120. The summed E-state index contributed by atoms with van der Waals surface area (Å²) in [5.41, 5.74) is 0. The van der Waals surface area contributed by atoms with Crippen LogP contribution in [0.25, 0.3) is 0 Å². The SMILES string of the molecule is CN1CCCC(CCNC2CCNC2)C1. The minimum atomic E-state index is 0.742. The van der Waals surface area contributed by atoms with Crippen LogP contribution >= 0.6 is 0 Å². The van der Waals surface area contributed by atoms with E-state index >= 15 is 0 Å². The average molecular weight is 211 g/mol. The van der Waals surface area contributed by atoms with Gasteiger partial charge in [0.15, 0.2) is 0 Å². The van der Waals surface area contributed by atoms with Gasteiger partial charge in [-0.15, -0.1) is 0 Å². The first kappa shape index (κ1) is 11.4. The van der Waals surface area contributed by atoms with E-state index in [1.165, 1.54) is 58.4 Å². The molecule has 0 aromatic heterocycles. The van der Waals surface area contributed by atoms with Gasteiger partial charge < -0.3 is 15.5 Å². The smallest absolute Gasteiger partial charge is 0.0204 e. The summed E-state index contributed by atoms with van der Waals surface area (Å²) in [6.45, 7) is 6.19. The molecule has 2 aliphatic rings. The van der Waals surface area contributed by atoms with Crippen LogP contribution in [0.2, 0.25) is 0 Å². The lowest BCUT2D eigenvalue weighted by atomic mass is 9.95. The molecule has 2 atom stereocenters. The first-order chi connectivity index (χ1) is 7.34. The molecular weight excluding hydrogens is 186 g/mol. The molecule has 2 rings (SSSR count). The van der Waals surface area contributed by atoms with Crippen molar-refractivity contribution in [3.8, 4) is 0 Å². The van der Waals surface area contributed by atoms with E-state index in [0.717, 1.165) is 12.0 Å². The number of likely N-dealkylation sites (tertiary alicyclic amines) is 1. The molecule has 0 saturated carbocycles. The third-order valence-corrected chi connectivity index (χ3v) is 3.77. The third-order valence-electron chi connectivity index (χ3n) is 3.77. The Kier molecular flexibility index (Phi) is 4.42. The van der Waals surface area contributed by atoms with Gasteiger partial charge >= 0.3 is 0 Å². The second kappa shape index (κ2) is 5.83. The van der Waals surface area contributed by atoms with Gasteiger partial charge in [0.2, 0.25) is 0 Å². The van der Waals surface area contributed by atoms with E-state index in [9.17, 15) is 0 Å². The lowest BCUT2D eigenvalue weighted by Gasteiger charge is -2.30. The monoisotopic (exact) mass is 211 g/mol. The fourth-order valence-electron chi connectivity index (χ4n) is 2.83. The summed E-state index contributed by atoms with van der Waals surface area (Å²) < 4.78 is 0. The average Bonchev–Trinajstić information content (AvgIpc) is 2.71. The van der Waals surface area contributed by atoms with Crippen LogP contribution in [0.15, 0.2) is 0 Å². The highest BCUT2D eigenvalue weighted by atomic mass is 15.1. The number of piperidine rings is 1. The van der Waals surface area contributed by atoms with Gasteiger partial charge in [-0.2, -0.15) is 0 Å². The molecule has 0 aliphatic carbocycles. The van der Waals surface area contributed by atoms with Crippen molar-refractivity contribution in [1.29, 1.82) is 0 Å². The second-order valence-corrected chi connectivity index (χ2v) is 5.20. The molecule has 0 spiro atoms. The minimum Gasteiger partial charge on any atom is -0.315 e. The van der Waals surface area contributed by atoms with E-state index in [2.05, 4.69) is 22.6 Å². The molecular formula is C12H25N3. The highest BCUT2D eigenvalue weighted by Gasteiger charge is 2.18. The molecule has 15 heavy (non-hydrogen) atoms. The Morgan fingerprint density at radius 3 is 3.07 bits per heavy atom. The van der Waals surface area contributed by atoms with E-state index < -0.39 is 0 Å². The van der Waals surface area contributed by atoms with Crippen LogP contribution in [0.1, 0.15) is 25.7 Å². The van der Waals surface area contributed by atoms with Gasteiger partial charge in [0.1, 0.15) is 0 Å². The second-order valence-electron chi connectivity index (χ2n) is 5.20. The van der Waals surface area contributed by atoms with Crippen molar-refractivity contribution < 1.29 is 0 Å². The van der Waals surface area contributed by atoms with Crippen molar-refractivity contribution in [1.82, 2.24) is 15.5 Å². The molecule has 0 aromatic rings. The Balaban J connectivity index is 1.56. The largest absolute Gasteiger partial charge is 0.315 e. The number of hydrogen-bond donors (Lipinski definition) is 2. The van der Waals surface area contributed by atoms with Crippen LogP contribution in [0, 0.1) is 5.92 Å². The number of nitrogens with zero attached hydrogens (tertiary/aromatic N) is 1. The van der Waals surface area contributed by atoms with Crippen molar-refractivity contribution in [2.45, 2.75) is 31.7 Å². The van der Waals surface area contributed by atoms with Crippen molar-refractivity contribution in [2.75, 3.05) is 39.8 Å². The van der Waals surface area contributed by atoms with Gasteiger partial charge in [0, 0.05) is 19.1 Å². The van der Waals surface area contributed by atoms with Gasteiger partial charge in [0.25, 0.3) is 0 Å². The molecule has 2 fully saturated rings. The number of nitrogens with one attached hydrogen (secondary N) is 2. The van der Waals surface area contributed by atoms with Crippen LogP contribution < -0.4 is 10.6 Å². The lowest BCUT2D eigenvalue weighted by Crippen LogP contribution is -2.36. The van der Waals surface area contributed by atoms with E-state index in [1.54, 1.807) is 0 Å². The first-order valence-electron chi connectivity index (χ1n) is 6.47. The van der Waals surface area contributed by atoms with Gasteiger partial charge in [-0.3, -0.25) is 0 Å². The Morgan fingerprint density at radius 1 is 1.40 bits per heavy atom. The fourth-order valence-corrected chi connectivity index (χ4v) is 2.83. The molecule has 2 N–H and O–H groups in total. The zero-order valence-corrected chi connectivity index (χ0v) is 9.97. The summed E-state index contributed by atoms with van der Waals surface area (Å²) in [6, 6.07) is 0.742. The fraction of sp³-hybridized carbons (Fsp3) is 1.00. The predicted molar refractivity (Wildman–Crippen MR) is 64.1 cm³/mol. The number of rotatable bonds is 4. The van der Waals surface area contributed by atoms with Crippen molar-refractivity contribution in [3.63, 3.8) is 0 Å². The lowest BCUT2D eigenvalue weighted by molar-refractivity contribution is 0.200. The van der Waals surface area contributed by atoms with Crippen LogP contribution in [0.5, 0.6) is 0 Å². The molecule has 0 amide bonds. The topological polar surface area (TPSA) is 27.3 Å². The van der Waals surface area contributed by atoms with E-state index in [4.69, 9.17) is 0 Å². The highest BCUT2D eigenvalue weighted by molar-refractivity contribution is 4.78. The first-order valence-corrected chi connectivity index (χ1v) is 6.47. The van der Waals surface area contributed by atoms with E-state index in [1.807, 2.05) is 0 Å². The Morgan fingerprint density at radius 2 is 2.33 bits per heavy atom. The molecule has 3 heteroatoms. The standard InChI is InChI=1S/C12H25N3/c1-15-8-2-3-11(10-15)4-7-14-12-5-6-13-9-12/h11-14H,2-10H2,1H3. The maximum Gasteiger partial charge on any atom is 0.0204 e. The third kappa shape index (κ3) is 3.74. The van der Waals surface area contributed by atoms with Gasteiger partial charge in [-0.1, -0.05) is 0 Å². The molecule has 2 unspecified atom stereocenters. The molecule has 3 nitrogen and oxygen atoms in total. The Labute approximate surface area is 93.6 Å². The zero-order valence-electron chi connectivity index (χ0n) is 9.97. The number of hydrogen-bond acceptors (Lipinski definition) is 3. The van der Waals surface area contributed by atoms with E-state index in [0.29, 0.717) is 0 Å². The molecule has 0 bridgehead atoms. The molecule has 2 heterocycles. The van der Waals surface area contributed by atoms with Crippen molar-refractivity contribution in [2.24, 2.45) is 5.92 Å². The summed E-state index contributed by atoms with van der Waals surface area (Å²) in [4.78, 5) is 2.48. The Bertz CT molecular complexity index is 178. The molecule has 2 aliphatic heterocycles. The van der Waals surface area contributed by atoms with Crippen molar-refractivity contribution in [3.05, 3.63) is 0 Å². The quantitative estimate of drug-likeness (QED) is 0.716. The molecule has 2 saturated heterocycles. The summed E-state index contributed by atoms with van der Waals surface area (Å²) in [6.07, 6.45) is 5.51. The molecule has 88 valence electrons.